The summed E-state index contributed by atoms with van der Waals surface area (Å²) in [5, 5.41) is 6.22. The van der Waals surface area contributed by atoms with Crippen LogP contribution >= 0.6 is 0 Å². The van der Waals surface area contributed by atoms with Gasteiger partial charge in [-0.3, -0.25) is 9.78 Å². The van der Waals surface area contributed by atoms with Crippen molar-refractivity contribution in [3.8, 4) is 0 Å². The third kappa shape index (κ3) is 4.53. The Hall–Kier alpha value is -1.42. The molecule has 2 N–H and O–H groups in total. The first-order valence-electron chi connectivity index (χ1n) is 6.24. The highest BCUT2D eigenvalue weighted by atomic mass is 16.2. The van der Waals surface area contributed by atoms with Gasteiger partial charge in [-0.25, -0.2) is 0 Å². The molecule has 1 heterocycles. The molecule has 0 atom stereocenters. The van der Waals surface area contributed by atoms with Crippen molar-refractivity contribution in [2.75, 3.05) is 19.6 Å². The van der Waals surface area contributed by atoms with E-state index in [0.717, 1.165) is 44.6 Å². The molecule has 0 aliphatic heterocycles. The summed E-state index contributed by atoms with van der Waals surface area (Å²) >= 11 is 0. The van der Waals surface area contributed by atoms with Crippen LogP contribution in [-0.4, -0.2) is 30.5 Å². The fourth-order valence-electron chi connectivity index (χ4n) is 1.65. The van der Waals surface area contributed by atoms with Crippen LogP contribution in [0.2, 0.25) is 0 Å². The zero-order chi connectivity index (χ0) is 11.9. The lowest BCUT2D eigenvalue weighted by Gasteiger charge is -2.06. The summed E-state index contributed by atoms with van der Waals surface area (Å²) in [4.78, 5) is 15.6. The maximum Gasteiger partial charge on any atom is 0.223 e. The average Bonchev–Trinajstić information content (AvgIpc) is 3.19. The molecule has 0 bridgehead atoms. The fraction of sp³-hybridized carbons (Fsp3) is 0.538. The Balaban J connectivity index is 1.47. The summed E-state index contributed by atoms with van der Waals surface area (Å²) in [6.45, 7) is 2.44. The van der Waals surface area contributed by atoms with Gasteiger partial charge in [-0.2, -0.15) is 0 Å². The largest absolute Gasteiger partial charge is 0.355 e. The molecule has 4 heteroatoms. The minimum atomic E-state index is 0.219. The van der Waals surface area contributed by atoms with Gasteiger partial charge >= 0.3 is 0 Å². The van der Waals surface area contributed by atoms with Gasteiger partial charge in [0.25, 0.3) is 0 Å². The summed E-state index contributed by atoms with van der Waals surface area (Å²) in [7, 11) is 0. The average molecular weight is 233 g/mol. The van der Waals surface area contributed by atoms with Crippen molar-refractivity contribution in [2.24, 2.45) is 5.92 Å². The molecule has 1 aliphatic carbocycles. The van der Waals surface area contributed by atoms with E-state index < -0.39 is 0 Å². The number of nitrogens with zero attached hydrogens (tertiary/aromatic N) is 1. The molecule has 0 saturated heterocycles. The van der Waals surface area contributed by atoms with E-state index in [9.17, 15) is 4.79 Å². The molecular formula is C13H19N3O. The number of nitrogens with one attached hydrogen (secondary N) is 2. The molecule has 1 aliphatic rings. The van der Waals surface area contributed by atoms with Gasteiger partial charge in [0.05, 0.1) is 0 Å². The second-order valence-electron chi connectivity index (χ2n) is 4.39. The molecule has 4 nitrogen and oxygen atoms in total. The normalized spacial score (nSPS) is 14.6. The molecule has 2 rings (SSSR count). The van der Waals surface area contributed by atoms with Crippen LogP contribution in [0.25, 0.3) is 0 Å². The van der Waals surface area contributed by atoms with Gasteiger partial charge < -0.3 is 10.6 Å². The zero-order valence-electron chi connectivity index (χ0n) is 9.98. The molecular weight excluding hydrogens is 214 g/mol. The van der Waals surface area contributed by atoms with E-state index in [1.165, 1.54) is 0 Å². The van der Waals surface area contributed by atoms with E-state index in [1.54, 1.807) is 0 Å². The van der Waals surface area contributed by atoms with Gasteiger partial charge in [-0.05, 0) is 25.0 Å². The highest BCUT2D eigenvalue weighted by Crippen LogP contribution is 2.28. The Labute approximate surface area is 102 Å². The van der Waals surface area contributed by atoms with E-state index in [2.05, 4.69) is 15.6 Å². The quantitative estimate of drug-likeness (QED) is 0.683. The van der Waals surface area contributed by atoms with E-state index in [-0.39, 0.29) is 5.91 Å². The van der Waals surface area contributed by atoms with E-state index in [1.807, 2.05) is 24.4 Å². The van der Waals surface area contributed by atoms with Crippen LogP contribution in [0.15, 0.2) is 24.4 Å². The third-order valence-corrected chi connectivity index (χ3v) is 2.83. The summed E-state index contributed by atoms with van der Waals surface area (Å²) in [6.07, 6.45) is 4.88. The van der Waals surface area contributed by atoms with Crippen molar-refractivity contribution < 1.29 is 4.79 Å². The molecule has 1 aromatic heterocycles. The van der Waals surface area contributed by atoms with Crippen LogP contribution in [0.5, 0.6) is 0 Å². The lowest BCUT2D eigenvalue weighted by Crippen LogP contribution is -2.33. The number of pyridine rings is 1. The maximum absolute atomic E-state index is 11.3. The maximum atomic E-state index is 11.3. The molecule has 0 spiro atoms. The van der Waals surface area contributed by atoms with Crippen molar-refractivity contribution in [3.05, 3.63) is 30.1 Å². The van der Waals surface area contributed by atoms with Crippen LogP contribution in [0.4, 0.5) is 0 Å². The van der Waals surface area contributed by atoms with E-state index in [0.29, 0.717) is 5.92 Å². The standard InChI is InChI=1S/C13H19N3O/c17-13(11-4-5-11)16-10-9-14-8-6-12-3-1-2-7-15-12/h1-3,7,11,14H,4-6,8-10H2,(H,16,17). The first-order chi connectivity index (χ1) is 8.36. The van der Waals surface area contributed by atoms with Crippen LogP contribution in [-0.2, 0) is 11.2 Å². The molecule has 1 amide bonds. The number of carbonyl (C=O) groups is 1. The van der Waals surface area contributed by atoms with Gasteiger partial charge in [0.15, 0.2) is 0 Å². The topological polar surface area (TPSA) is 54.0 Å². The van der Waals surface area contributed by atoms with Crippen LogP contribution in [0, 0.1) is 5.92 Å². The second-order valence-corrected chi connectivity index (χ2v) is 4.39. The molecule has 0 radical (unpaired) electrons. The third-order valence-electron chi connectivity index (χ3n) is 2.83. The van der Waals surface area contributed by atoms with Crippen molar-refractivity contribution in [1.29, 1.82) is 0 Å². The van der Waals surface area contributed by atoms with Gasteiger partial charge in [-0.1, -0.05) is 6.07 Å². The lowest BCUT2D eigenvalue weighted by atomic mass is 10.3. The number of rotatable bonds is 7. The van der Waals surface area contributed by atoms with Gasteiger partial charge in [0, 0.05) is 43.9 Å². The predicted molar refractivity (Wildman–Crippen MR) is 66.5 cm³/mol. The Kier molecular flexibility index (Phi) is 4.50. The lowest BCUT2D eigenvalue weighted by molar-refractivity contribution is -0.122. The van der Waals surface area contributed by atoms with Gasteiger partial charge in [0.2, 0.25) is 5.91 Å². The molecule has 17 heavy (non-hydrogen) atoms. The molecule has 1 fully saturated rings. The monoisotopic (exact) mass is 233 g/mol. The number of aromatic nitrogens is 1. The number of hydrogen-bond donors (Lipinski definition) is 2. The number of carbonyl (C=O) groups excluding carboxylic acids is 1. The smallest absolute Gasteiger partial charge is 0.223 e. The summed E-state index contributed by atoms with van der Waals surface area (Å²) in [5.41, 5.74) is 1.10. The van der Waals surface area contributed by atoms with E-state index in [4.69, 9.17) is 0 Å². The first kappa shape index (κ1) is 12.0. The second kappa shape index (κ2) is 6.35. The van der Waals surface area contributed by atoms with Crippen molar-refractivity contribution >= 4 is 5.91 Å². The molecule has 0 unspecified atom stereocenters. The van der Waals surface area contributed by atoms with Crippen LogP contribution in [0.3, 0.4) is 0 Å². The Morgan fingerprint density at radius 3 is 2.88 bits per heavy atom. The number of hydrogen-bond acceptors (Lipinski definition) is 3. The van der Waals surface area contributed by atoms with E-state index >= 15 is 0 Å². The Morgan fingerprint density at radius 2 is 2.18 bits per heavy atom. The minimum Gasteiger partial charge on any atom is -0.355 e. The van der Waals surface area contributed by atoms with Crippen molar-refractivity contribution in [3.63, 3.8) is 0 Å². The highest BCUT2D eigenvalue weighted by molar-refractivity contribution is 5.80. The van der Waals surface area contributed by atoms with Crippen molar-refractivity contribution in [2.45, 2.75) is 19.3 Å². The van der Waals surface area contributed by atoms with Gasteiger partial charge in [0.1, 0.15) is 0 Å². The predicted octanol–water partition coefficient (Wildman–Crippen LogP) is 0.740. The zero-order valence-corrected chi connectivity index (χ0v) is 9.98. The highest BCUT2D eigenvalue weighted by Gasteiger charge is 2.28. The fourth-order valence-corrected chi connectivity index (χ4v) is 1.65. The molecule has 1 aromatic rings. The van der Waals surface area contributed by atoms with Gasteiger partial charge in [-0.15, -0.1) is 0 Å². The Bertz CT molecular complexity index is 349. The van der Waals surface area contributed by atoms with Crippen LogP contribution < -0.4 is 10.6 Å². The summed E-state index contributed by atoms with van der Waals surface area (Å²) in [5.74, 6) is 0.528. The van der Waals surface area contributed by atoms with Crippen LogP contribution in [0.1, 0.15) is 18.5 Å². The molecule has 92 valence electrons. The minimum absolute atomic E-state index is 0.219. The number of amides is 1. The Morgan fingerprint density at radius 1 is 1.29 bits per heavy atom. The van der Waals surface area contributed by atoms with Crippen molar-refractivity contribution in [1.82, 2.24) is 15.6 Å². The molecule has 1 saturated carbocycles. The SMILES string of the molecule is O=C(NCCNCCc1ccccn1)C1CC1. The molecule has 0 aromatic carbocycles. The summed E-state index contributed by atoms with van der Waals surface area (Å²) in [6, 6.07) is 5.94. The first-order valence-corrected chi connectivity index (χ1v) is 6.24. The summed E-state index contributed by atoms with van der Waals surface area (Å²) < 4.78 is 0.